The number of unbranched alkanes of at least 4 members (excludes halogenated alkanes) is 8. The first-order valence-corrected chi connectivity index (χ1v) is 11.5. The average Bonchev–Trinajstić information content (AvgIpc) is 2.66. The molecule has 162 valence electrons. The number of esters is 1. The van der Waals surface area contributed by atoms with Crippen molar-refractivity contribution in [3.05, 3.63) is 12.2 Å². The number of hydrogen-bond acceptors (Lipinski definition) is 3. The molecule has 1 aliphatic rings. The fourth-order valence-corrected chi connectivity index (χ4v) is 4.03. The molecule has 0 heterocycles. The van der Waals surface area contributed by atoms with Gasteiger partial charge in [-0.25, -0.2) is 0 Å². The zero-order chi connectivity index (χ0) is 20.8. The molecular formula is C24H42O4. The van der Waals surface area contributed by atoms with Crippen LogP contribution in [0.4, 0.5) is 0 Å². The van der Waals surface area contributed by atoms with E-state index < -0.39 is 17.8 Å². The quantitative estimate of drug-likeness (QED) is 0.195. The van der Waals surface area contributed by atoms with E-state index in [1.807, 2.05) is 12.2 Å². The molecule has 0 radical (unpaired) electrons. The van der Waals surface area contributed by atoms with E-state index in [1.165, 1.54) is 51.4 Å². The van der Waals surface area contributed by atoms with Gasteiger partial charge >= 0.3 is 11.9 Å². The summed E-state index contributed by atoms with van der Waals surface area (Å²) in [7, 11) is 0. The minimum atomic E-state index is -0.898. The highest BCUT2D eigenvalue weighted by Gasteiger charge is 2.36. The van der Waals surface area contributed by atoms with Crippen molar-refractivity contribution in [2.45, 2.75) is 110 Å². The topological polar surface area (TPSA) is 63.6 Å². The number of carboxylic acids is 1. The maximum atomic E-state index is 12.6. The molecule has 28 heavy (non-hydrogen) atoms. The monoisotopic (exact) mass is 394 g/mol. The summed E-state index contributed by atoms with van der Waals surface area (Å²) in [6, 6.07) is 0. The lowest BCUT2D eigenvalue weighted by Gasteiger charge is -2.27. The average molecular weight is 395 g/mol. The van der Waals surface area contributed by atoms with Crippen LogP contribution < -0.4 is 0 Å². The zero-order valence-electron chi connectivity index (χ0n) is 18.3. The molecule has 1 N–H and O–H groups in total. The molecule has 0 aromatic carbocycles. The van der Waals surface area contributed by atoms with Crippen molar-refractivity contribution in [3.63, 3.8) is 0 Å². The molecule has 0 aromatic rings. The van der Waals surface area contributed by atoms with Gasteiger partial charge in [-0.15, -0.1) is 0 Å². The van der Waals surface area contributed by atoms with Gasteiger partial charge in [0.2, 0.25) is 0 Å². The lowest BCUT2D eigenvalue weighted by molar-refractivity contribution is -0.162. The SMILES string of the molecule is CCCCCCCCCCCC(CC(C)C)OC(=O)C1CC=CCC1C(=O)O. The summed E-state index contributed by atoms with van der Waals surface area (Å²) in [4.78, 5) is 24.1. The van der Waals surface area contributed by atoms with Crippen LogP contribution in [0.25, 0.3) is 0 Å². The molecule has 0 saturated heterocycles. The summed E-state index contributed by atoms with van der Waals surface area (Å²) in [5.74, 6) is -1.95. The van der Waals surface area contributed by atoms with Gasteiger partial charge in [0.1, 0.15) is 6.10 Å². The number of rotatable bonds is 15. The highest BCUT2D eigenvalue weighted by atomic mass is 16.5. The smallest absolute Gasteiger partial charge is 0.310 e. The van der Waals surface area contributed by atoms with Gasteiger partial charge in [0.25, 0.3) is 0 Å². The highest BCUT2D eigenvalue weighted by Crippen LogP contribution is 2.28. The van der Waals surface area contributed by atoms with E-state index in [0.29, 0.717) is 18.8 Å². The lowest BCUT2D eigenvalue weighted by Crippen LogP contribution is -2.34. The van der Waals surface area contributed by atoms with E-state index in [9.17, 15) is 14.7 Å². The van der Waals surface area contributed by atoms with Crippen molar-refractivity contribution >= 4 is 11.9 Å². The van der Waals surface area contributed by atoms with Crippen molar-refractivity contribution in [1.82, 2.24) is 0 Å². The Morgan fingerprint density at radius 1 is 0.929 bits per heavy atom. The number of hydrogen-bond donors (Lipinski definition) is 1. The van der Waals surface area contributed by atoms with Crippen molar-refractivity contribution < 1.29 is 19.4 Å². The van der Waals surface area contributed by atoms with Gasteiger partial charge in [-0.1, -0.05) is 84.3 Å². The minimum Gasteiger partial charge on any atom is -0.481 e. The fourth-order valence-electron chi connectivity index (χ4n) is 4.03. The van der Waals surface area contributed by atoms with Gasteiger partial charge in [0, 0.05) is 0 Å². The van der Waals surface area contributed by atoms with E-state index in [1.54, 1.807) is 0 Å². The van der Waals surface area contributed by atoms with Crippen LogP contribution in [0.1, 0.15) is 104 Å². The Morgan fingerprint density at radius 3 is 2.00 bits per heavy atom. The summed E-state index contributed by atoms with van der Waals surface area (Å²) in [6.45, 7) is 6.52. The first-order valence-electron chi connectivity index (χ1n) is 11.5. The molecule has 0 saturated carbocycles. The molecule has 0 aliphatic heterocycles. The summed E-state index contributed by atoms with van der Waals surface area (Å²) >= 11 is 0. The summed E-state index contributed by atoms with van der Waals surface area (Å²) in [5.41, 5.74) is 0. The molecule has 1 rings (SSSR count). The molecule has 0 aromatic heterocycles. The van der Waals surface area contributed by atoms with E-state index in [0.717, 1.165) is 19.3 Å². The number of carboxylic acid groups (broad SMARTS) is 1. The Balaban J connectivity index is 2.36. The Labute approximate surface area is 172 Å². The van der Waals surface area contributed by atoms with Gasteiger partial charge in [-0.05, 0) is 38.0 Å². The second kappa shape index (κ2) is 14.6. The Kier molecular flexibility index (Phi) is 12.9. The Hall–Kier alpha value is -1.32. The van der Waals surface area contributed by atoms with Crippen LogP contribution in [0.2, 0.25) is 0 Å². The number of carbonyl (C=O) groups is 2. The Bertz CT molecular complexity index is 469. The summed E-state index contributed by atoms with van der Waals surface area (Å²) < 4.78 is 5.82. The van der Waals surface area contributed by atoms with Gasteiger partial charge in [0.15, 0.2) is 0 Å². The number of carbonyl (C=O) groups excluding carboxylic acids is 1. The van der Waals surface area contributed by atoms with Crippen LogP contribution in [0, 0.1) is 17.8 Å². The highest BCUT2D eigenvalue weighted by molar-refractivity contribution is 5.81. The minimum absolute atomic E-state index is 0.0857. The van der Waals surface area contributed by atoms with E-state index >= 15 is 0 Å². The molecule has 0 amide bonds. The lowest BCUT2D eigenvalue weighted by atomic mass is 9.83. The van der Waals surface area contributed by atoms with Gasteiger partial charge in [-0.3, -0.25) is 9.59 Å². The number of allylic oxidation sites excluding steroid dienone is 2. The fraction of sp³-hybridized carbons (Fsp3) is 0.833. The standard InChI is InChI=1S/C24H42O4/c1-4-5-6-7-8-9-10-11-12-15-20(18-19(2)3)28-24(27)22-17-14-13-16-21(22)23(25)26/h13-14,19-22H,4-12,15-18H2,1-3H3,(H,25,26). The second-order valence-corrected chi connectivity index (χ2v) is 8.80. The van der Waals surface area contributed by atoms with Gasteiger partial charge in [-0.2, -0.15) is 0 Å². The van der Waals surface area contributed by atoms with Crippen LogP contribution in [0.15, 0.2) is 12.2 Å². The van der Waals surface area contributed by atoms with Crippen LogP contribution in [0.3, 0.4) is 0 Å². The number of ether oxygens (including phenoxy) is 1. The van der Waals surface area contributed by atoms with Crippen molar-refractivity contribution in [2.24, 2.45) is 17.8 Å². The molecule has 1 aliphatic carbocycles. The third-order valence-electron chi connectivity index (χ3n) is 5.70. The largest absolute Gasteiger partial charge is 0.481 e. The van der Waals surface area contributed by atoms with Crippen LogP contribution in [-0.2, 0) is 14.3 Å². The van der Waals surface area contributed by atoms with Crippen LogP contribution in [-0.4, -0.2) is 23.1 Å². The third-order valence-corrected chi connectivity index (χ3v) is 5.70. The predicted octanol–water partition coefficient (Wildman–Crippen LogP) is 6.53. The zero-order valence-corrected chi connectivity index (χ0v) is 18.3. The summed E-state index contributed by atoms with van der Waals surface area (Å²) in [6.07, 6.45) is 17.8. The van der Waals surface area contributed by atoms with Crippen LogP contribution in [0.5, 0.6) is 0 Å². The first-order chi connectivity index (χ1) is 13.5. The maximum absolute atomic E-state index is 12.6. The Morgan fingerprint density at radius 2 is 1.46 bits per heavy atom. The molecule has 4 heteroatoms. The van der Waals surface area contributed by atoms with Crippen LogP contribution >= 0.6 is 0 Å². The third kappa shape index (κ3) is 10.3. The molecule has 0 fully saturated rings. The maximum Gasteiger partial charge on any atom is 0.310 e. The van der Waals surface area contributed by atoms with Gasteiger partial charge in [0.05, 0.1) is 11.8 Å². The second-order valence-electron chi connectivity index (χ2n) is 8.80. The van der Waals surface area contributed by atoms with Crippen molar-refractivity contribution in [1.29, 1.82) is 0 Å². The van der Waals surface area contributed by atoms with Crippen molar-refractivity contribution in [2.75, 3.05) is 0 Å². The van der Waals surface area contributed by atoms with Gasteiger partial charge < -0.3 is 9.84 Å². The van der Waals surface area contributed by atoms with Crippen molar-refractivity contribution in [3.8, 4) is 0 Å². The summed E-state index contributed by atoms with van der Waals surface area (Å²) in [5, 5.41) is 9.39. The van der Waals surface area contributed by atoms with E-state index in [2.05, 4.69) is 20.8 Å². The molecular weight excluding hydrogens is 352 g/mol. The predicted molar refractivity (Wildman–Crippen MR) is 114 cm³/mol. The van der Waals surface area contributed by atoms with E-state index in [-0.39, 0.29) is 12.1 Å². The molecule has 4 nitrogen and oxygen atoms in total. The number of aliphatic carboxylic acids is 1. The molecule has 3 atom stereocenters. The molecule has 0 spiro atoms. The first kappa shape index (κ1) is 24.7. The molecule has 0 bridgehead atoms. The molecule has 3 unspecified atom stereocenters. The normalized spacial score (nSPS) is 20.3. The van der Waals surface area contributed by atoms with E-state index in [4.69, 9.17) is 4.74 Å².